The molecule has 6 rings (SSSR count). The zero-order chi connectivity index (χ0) is 22.4. The molecule has 0 atom stereocenters. The second kappa shape index (κ2) is 7.64. The molecule has 4 aromatic rings. The van der Waals surface area contributed by atoms with E-state index in [4.69, 9.17) is 14.7 Å². The molecule has 160 valence electrons. The standard InChI is InChI=1S/C28H22N4O/c1-17-11-18(3-10-28(17)33-2)26-15-25-14-23-7-6-21(30-23)12-19-4-5-20(29-19)13-22-8-9-24(31-22)16-27(26)32-25/h3-16,29,32H,1-2H3. The van der Waals surface area contributed by atoms with Crippen LogP contribution < -0.4 is 4.74 Å². The first-order valence-corrected chi connectivity index (χ1v) is 10.9. The molecule has 0 aliphatic carbocycles. The summed E-state index contributed by atoms with van der Waals surface area (Å²) in [7, 11) is 1.70. The molecule has 2 aliphatic rings. The molecule has 0 amide bonds. The van der Waals surface area contributed by atoms with Crippen LogP contribution in [0, 0.1) is 6.92 Å². The van der Waals surface area contributed by atoms with Crippen molar-refractivity contribution in [3.63, 3.8) is 0 Å². The monoisotopic (exact) mass is 430 g/mol. The van der Waals surface area contributed by atoms with E-state index >= 15 is 0 Å². The Hall–Kier alpha value is -4.38. The third kappa shape index (κ3) is 3.74. The third-order valence-electron chi connectivity index (χ3n) is 5.87. The first-order valence-electron chi connectivity index (χ1n) is 10.9. The Bertz CT molecular complexity index is 1620. The van der Waals surface area contributed by atoms with E-state index in [1.165, 1.54) is 0 Å². The molecular formula is C28H22N4O. The second-order valence-corrected chi connectivity index (χ2v) is 8.27. The largest absolute Gasteiger partial charge is 0.496 e. The second-order valence-electron chi connectivity index (χ2n) is 8.27. The number of hydrogen-bond donors (Lipinski definition) is 2. The van der Waals surface area contributed by atoms with E-state index in [1.54, 1.807) is 7.11 Å². The molecule has 0 saturated heterocycles. The summed E-state index contributed by atoms with van der Waals surface area (Å²) in [6.45, 7) is 2.06. The SMILES string of the molecule is COc1ccc(-c2cc3cc4nc(cc5ccc(cc6nc(cc2[nH]3)C=C6)[nH]5)C=C4)cc1C. The van der Waals surface area contributed by atoms with Gasteiger partial charge in [-0.25, -0.2) is 9.97 Å². The van der Waals surface area contributed by atoms with Crippen molar-refractivity contribution in [3.05, 3.63) is 89.0 Å². The minimum Gasteiger partial charge on any atom is -0.496 e. The summed E-state index contributed by atoms with van der Waals surface area (Å²) in [5.74, 6) is 0.882. The van der Waals surface area contributed by atoms with E-state index in [0.717, 1.165) is 67.3 Å². The van der Waals surface area contributed by atoms with Crippen molar-refractivity contribution in [1.29, 1.82) is 0 Å². The first kappa shape index (κ1) is 19.3. The number of hydrogen-bond acceptors (Lipinski definition) is 3. The summed E-state index contributed by atoms with van der Waals surface area (Å²) in [5, 5.41) is 0. The fourth-order valence-corrected chi connectivity index (χ4v) is 4.30. The minimum absolute atomic E-state index is 0.882. The van der Waals surface area contributed by atoms with Crippen molar-refractivity contribution in [1.82, 2.24) is 19.9 Å². The van der Waals surface area contributed by atoms with Gasteiger partial charge in [0.2, 0.25) is 0 Å². The van der Waals surface area contributed by atoms with Gasteiger partial charge >= 0.3 is 0 Å². The molecule has 5 nitrogen and oxygen atoms in total. The Morgan fingerprint density at radius 2 is 1.24 bits per heavy atom. The summed E-state index contributed by atoms with van der Waals surface area (Å²) in [6.07, 6.45) is 8.14. The molecule has 2 aliphatic heterocycles. The highest BCUT2D eigenvalue weighted by atomic mass is 16.5. The lowest BCUT2D eigenvalue weighted by molar-refractivity contribution is 0.412. The fraction of sp³-hybridized carbons (Fsp3) is 0.0714. The quantitative estimate of drug-likeness (QED) is 0.324. The molecule has 0 unspecified atom stereocenters. The molecule has 33 heavy (non-hydrogen) atoms. The average Bonchev–Trinajstić information content (AvgIpc) is 3.59. The number of nitrogens with one attached hydrogen (secondary N) is 2. The molecule has 5 heteroatoms. The van der Waals surface area contributed by atoms with Gasteiger partial charge < -0.3 is 14.7 Å². The number of rotatable bonds is 2. The zero-order valence-corrected chi connectivity index (χ0v) is 18.4. The normalized spacial score (nSPS) is 12.3. The smallest absolute Gasteiger partial charge is 0.121 e. The van der Waals surface area contributed by atoms with Gasteiger partial charge in [-0.3, -0.25) is 0 Å². The predicted molar refractivity (Wildman–Crippen MR) is 136 cm³/mol. The highest BCUT2D eigenvalue weighted by Crippen LogP contribution is 2.31. The van der Waals surface area contributed by atoms with E-state index in [1.807, 2.05) is 42.5 Å². The maximum absolute atomic E-state index is 5.45. The van der Waals surface area contributed by atoms with E-state index in [-0.39, 0.29) is 0 Å². The van der Waals surface area contributed by atoms with Crippen LogP contribution in [0.5, 0.6) is 5.75 Å². The van der Waals surface area contributed by atoms with Crippen molar-refractivity contribution in [2.24, 2.45) is 0 Å². The maximum atomic E-state index is 5.45. The Labute approximate surface area is 191 Å². The third-order valence-corrected chi connectivity index (χ3v) is 5.87. The predicted octanol–water partition coefficient (Wildman–Crippen LogP) is 6.64. The number of fused-ring (bicyclic) bond motifs is 8. The van der Waals surface area contributed by atoms with Crippen molar-refractivity contribution in [2.75, 3.05) is 7.11 Å². The van der Waals surface area contributed by atoms with E-state index in [2.05, 4.69) is 59.4 Å². The van der Waals surface area contributed by atoms with Gasteiger partial charge in [0, 0.05) is 27.6 Å². The number of ether oxygens (including phenoxy) is 1. The lowest BCUT2D eigenvalue weighted by Gasteiger charge is -2.06. The molecule has 5 heterocycles. The van der Waals surface area contributed by atoms with Crippen LogP contribution in [0.25, 0.3) is 57.5 Å². The molecule has 1 aromatic carbocycles. The molecular weight excluding hydrogens is 408 g/mol. The van der Waals surface area contributed by atoms with Gasteiger partial charge in [0.15, 0.2) is 0 Å². The van der Waals surface area contributed by atoms with Crippen molar-refractivity contribution in [3.8, 4) is 16.9 Å². The van der Waals surface area contributed by atoms with Crippen molar-refractivity contribution >= 4 is 46.4 Å². The summed E-state index contributed by atoms with van der Waals surface area (Å²) >= 11 is 0. The maximum Gasteiger partial charge on any atom is 0.121 e. The lowest BCUT2D eigenvalue weighted by atomic mass is 10.0. The Morgan fingerprint density at radius 1 is 0.636 bits per heavy atom. The number of aryl methyl sites for hydroxylation is 1. The summed E-state index contributed by atoms with van der Waals surface area (Å²) < 4.78 is 5.45. The van der Waals surface area contributed by atoms with Crippen LogP contribution in [0.2, 0.25) is 0 Å². The topological polar surface area (TPSA) is 66.6 Å². The van der Waals surface area contributed by atoms with Crippen molar-refractivity contribution in [2.45, 2.75) is 6.92 Å². The van der Waals surface area contributed by atoms with Gasteiger partial charge in [-0.15, -0.1) is 0 Å². The van der Waals surface area contributed by atoms with Crippen LogP contribution in [0.15, 0.2) is 60.7 Å². The number of methoxy groups -OCH3 is 1. The Balaban J connectivity index is 1.64. The molecule has 3 aromatic heterocycles. The van der Waals surface area contributed by atoms with Crippen molar-refractivity contribution < 1.29 is 4.74 Å². The number of aromatic nitrogens is 4. The summed E-state index contributed by atoms with van der Waals surface area (Å²) in [4.78, 5) is 16.5. The summed E-state index contributed by atoms with van der Waals surface area (Å²) in [6, 6.07) is 20.8. The molecule has 2 N–H and O–H groups in total. The number of H-pyrrole nitrogens is 2. The highest BCUT2D eigenvalue weighted by molar-refractivity contribution is 5.88. The minimum atomic E-state index is 0.882. The number of aromatic amines is 2. The molecule has 0 radical (unpaired) electrons. The molecule has 8 bridgehead atoms. The first-order chi connectivity index (χ1) is 16.1. The van der Waals surface area contributed by atoms with Gasteiger partial charge in [0.25, 0.3) is 0 Å². The van der Waals surface area contributed by atoms with Gasteiger partial charge in [0.1, 0.15) is 5.75 Å². The fourth-order valence-electron chi connectivity index (χ4n) is 4.30. The molecule has 0 saturated carbocycles. The lowest BCUT2D eigenvalue weighted by Crippen LogP contribution is -1.87. The van der Waals surface area contributed by atoms with Gasteiger partial charge in [-0.2, -0.15) is 0 Å². The summed E-state index contributed by atoms with van der Waals surface area (Å²) in [5.41, 5.74) is 11.0. The van der Waals surface area contributed by atoms with E-state index < -0.39 is 0 Å². The Kier molecular flexibility index (Phi) is 4.47. The average molecular weight is 431 g/mol. The Morgan fingerprint density at radius 3 is 1.85 bits per heavy atom. The van der Waals surface area contributed by atoms with E-state index in [0.29, 0.717) is 0 Å². The van der Waals surface area contributed by atoms with Gasteiger partial charge in [-0.1, -0.05) is 6.07 Å². The van der Waals surface area contributed by atoms with Gasteiger partial charge in [0.05, 0.1) is 29.9 Å². The highest BCUT2D eigenvalue weighted by Gasteiger charge is 2.09. The van der Waals surface area contributed by atoms with Crippen LogP contribution in [0.1, 0.15) is 28.3 Å². The van der Waals surface area contributed by atoms with Gasteiger partial charge in [-0.05, 0) is 97.0 Å². The van der Waals surface area contributed by atoms with Crippen LogP contribution in [0.4, 0.5) is 0 Å². The van der Waals surface area contributed by atoms with Crippen LogP contribution in [-0.2, 0) is 0 Å². The zero-order valence-electron chi connectivity index (χ0n) is 18.4. The number of nitrogens with zero attached hydrogens (tertiary/aromatic N) is 2. The van der Waals surface area contributed by atoms with E-state index in [9.17, 15) is 0 Å². The molecule has 0 spiro atoms. The van der Waals surface area contributed by atoms with Crippen LogP contribution >= 0.6 is 0 Å². The van der Waals surface area contributed by atoms with Crippen LogP contribution in [-0.4, -0.2) is 27.0 Å². The number of benzene rings is 1. The van der Waals surface area contributed by atoms with Crippen LogP contribution in [0.3, 0.4) is 0 Å². The molecule has 0 fully saturated rings.